The van der Waals surface area contributed by atoms with Crippen molar-refractivity contribution in [2.24, 2.45) is 0 Å². The van der Waals surface area contributed by atoms with Crippen LogP contribution in [-0.4, -0.2) is 71.2 Å². The molecule has 49 heavy (non-hydrogen) atoms. The Bertz CT molecular complexity index is 2300. The molecule has 0 fully saturated rings. The van der Waals surface area contributed by atoms with Gasteiger partial charge in [-0.1, -0.05) is 12.1 Å². The summed E-state index contributed by atoms with van der Waals surface area (Å²) in [7, 11) is 0.222. The molecule has 0 aliphatic heterocycles. The van der Waals surface area contributed by atoms with Crippen LogP contribution in [0.15, 0.2) is 81.6 Å². The van der Waals surface area contributed by atoms with Crippen molar-refractivity contribution in [1.82, 2.24) is 10.3 Å². The minimum absolute atomic E-state index is 0.0180. The number of methoxy groups -OCH3 is 2. The quantitative estimate of drug-likeness (QED) is 0.167. The predicted octanol–water partition coefficient (Wildman–Crippen LogP) is 5.99. The number of carbonyl (C=O) groups is 1. The number of aromatic nitrogens is 1. The molecule has 11 nitrogen and oxygen atoms in total. The lowest BCUT2D eigenvalue weighted by molar-refractivity contribution is 0.0708. The highest BCUT2D eigenvalue weighted by Gasteiger charge is 2.29. The SMILES string of the molecule is CNC(=O)c1c(-c2ccc(F)cc2)oc2cc(N(CC(O)COC)S(C)(=O)=O)c(-c3ccc(OC)c(-c4nc5c(F)cccc5o4)c3)cc12. The van der Waals surface area contributed by atoms with Crippen molar-refractivity contribution in [3.05, 3.63) is 90.0 Å². The third kappa shape index (κ3) is 6.45. The van der Waals surface area contributed by atoms with Gasteiger partial charge in [-0.15, -0.1) is 0 Å². The van der Waals surface area contributed by atoms with Crippen molar-refractivity contribution in [2.45, 2.75) is 6.10 Å². The number of benzene rings is 4. The second-order valence-electron chi connectivity index (χ2n) is 11.2. The van der Waals surface area contributed by atoms with E-state index in [0.717, 1.165) is 10.6 Å². The fourth-order valence-electron chi connectivity index (χ4n) is 5.65. The van der Waals surface area contributed by atoms with Crippen LogP contribution in [0.2, 0.25) is 0 Å². The number of hydrogen-bond acceptors (Lipinski definition) is 9. The Morgan fingerprint density at radius 3 is 2.37 bits per heavy atom. The first-order valence-electron chi connectivity index (χ1n) is 14.9. The zero-order chi connectivity index (χ0) is 35.0. The molecular weight excluding hydrogens is 660 g/mol. The smallest absolute Gasteiger partial charge is 0.255 e. The van der Waals surface area contributed by atoms with Crippen molar-refractivity contribution in [3.63, 3.8) is 0 Å². The number of aliphatic hydroxyl groups is 1. The maximum absolute atomic E-state index is 14.6. The number of nitrogens with zero attached hydrogens (tertiary/aromatic N) is 2. The number of nitrogens with one attached hydrogen (secondary N) is 1. The van der Waals surface area contributed by atoms with Crippen LogP contribution < -0.4 is 14.4 Å². The summed E-state index contributed by atoms with van der Waals surface area (Å²) in [6.07, 6.45) is -0.216. The first kappa shape index (κ1) is 33.6. The molecule has 0 aliphatic rings. The third-order valence-corrected chi connectivity index (χ3v) is 9.03. The number of aliphatic hydroxyl groups excluding tert-OH is 1. The number of rotatable bonds is 11. The average Bonchev–Trinajstić information content (AvgIpc) is 3.68. The predicted molar refractivity (Wildman–Crippen MR) is 180 cm³/mol. The lowest BCUT2D eigenvalue weighted by atomic mass is 9.96. The molecule has 0 spiro atoms. The van der Waals surface area contributed by atoms with Gasteiger partial charge in [-0.2, -0.15) is 0 Å². The molecular formula is C35H31F2N3O8S. The molecule has 2 N–H and O–H groups in total. The highest BCUT2D eigenvalue weighted by atomic mass is 32.2. The van der Waals surface area contributed by atoms with Gasteiger partial charge >= 0.3 is 0 Å². The third-order valence-electron chi connectivity index (χ3n) is 7.88. The number of para-hydroxylation sites is 1. The first-order valence-corrected chi connectivity index (χ1v) is 16.8. The summed E-state index contributed by atoms with van der Waals surface area (Å²) in [6.45, 7) is -0.534. The van der Waals surface area contributed by atoms with Gasteiger partial charge in [0, 0.05) is 36.7 Å². The van der Waals surface area contributed by atoms with Gasteiger partial charge in [-0.3, -0.25) is 9.10 Å². The van der Waals surface area contributed by atoms with Crippen LogP contribution in [0.25, 0.3) is 56.0 Å². The van der Waals surface area contributed by atoms with Crippen LogP contribution in [0.5, 0.6) is 5.75 Å². The van der Waals surface area contributed by atoms with E-state index in [2.05, 4.69) is 10.3 Å². The minimum Gasteiger partial charge on any atom is -0.496 e. The van der Waals surface area contributed by atoms with E-state index in [0.29, 0.717) is 33.4 Å². The first-order chi connectivity index (χ1) is 23.4. The topological polar surface area (TPSA) is 144 Å². The number of fused-ring (bicyclic) bond motifs is 2. The number of amides is 1. The van der Waals surface area contributed by atoms with Crippen molar-refractivity contribution < 1.29 is 45.4 Å². The fourth-order valence-corrected chi connectivity index (χ4v) is 6.60. The minimum atomic E-state index is -4.05. The zero-order valence-corrected chi connectivity index (χ0v) is 27.6. The molecule has 6 aromatic rings. The van der Waals surface area contributed by atoms with Crippen LogP contribution in [0.3, 0.4) is 0 Å². The molecule has 6 rings (SSSR count). The van der Waals surface area contributed by atoms with Crippen LogP contribution in [0, 0.1) is 11.6 Å². The molecule has 14 heteroatoms. The zero-order valence-electron chi connectivity index (χ0n) is 26.8. The van der Waals surface area contributed by atoms with Gasteiger partial charge in [0.2, 0.25) is 15.9 Å². The molecule has 0 aliphatic carbocycles. The Labute approximate surface area is 279 Å². The monoisotopic (exact) mass is 691 g/mol. The van der Waals surface area contributed by atoms with Crippen molar-refractivity contribution in [3.8, 4) is 39.7 Å². The normalized spacial score (nSPS) is 12.4. The van der Waals surface area contributed by atoms with E-state index in [1.165, 1.54) is 63.7 Å². The maximum Gasteiger partial charge on any atom is 0.255 e. The number of oxazole rings is 1. The molecule has 2 heterocycles. The highest BCUT2D eigenvalue weighted by molar-refractivity contribution is 7.92. The number of hydrogen-bond donors (Lipinski definition) is 2. The lowest BCUT2D eigenvalue weighted by Crippen LogP contribution is -2.39. The van der Waals surface area contributed by atoms with Crippen LogP contribution >= 0.6 is 0 Å². The summed E-state index contributed by atoms with van der Waals surface area (Å²) < 4.78 is 78.9. The van der Waals surface area contributed by atoms with E-state index >= 15 is 0 Å². The van der Waals surface area contributed by atoms with Gasteiger partial charge < -0.3 is 28.7 Å². The summed E-state index contributed by atoms with van der Waals surface area (Å²) in [4.78, 5) is 17.7. The highest BCUT2D eigenvalue weighted by Crippen LogP contribution is 2.44. The van der Waals surface area contributed by atoms with Crippen molar-refractivity contribution >= 4 is 43.7 Å². The molecule has 1 amide bonds. The Morgan fingerprint density at radius 1 is 0.980 bits per heavy atom. The molecule has 0 bridgehead atoms. The summed E-state index contributed by atoms with van der Waals surface area (Å²) in [6, 6.07) is 17.7. The number of sulfonamides is 1. The van der Waals surface area contributed by atoms with Gasteiger partial charge in [-0.05, 0) is 60.2 Å². The van der Waals surface area contributed by atoms with E-state index in [4.69, 9.17) is 18.3 Å². The number of furan rings is 1. The molecule has 4 aromatic carbocycles. The van der Waals surface area contributed by atoms with Gasteiger partial charge in [0.05, 0.1) is 49.4 Å². The number of halogens is 2. The molecule has 1 unspecified atom stereocenters. The second kappa shape index (κ2) is 13.3. The molecule has 1 atom stereocenters. The Kier molecular flexibility index (Phi) is 9.12. The standard InChI is InChI=1S/C35H31F2N3O8S/c1-38-34(42)31-24-15-23(20-10-13-28(46-3)25(14-20)35-39-32-26(37)6-5-7-29(32)48-35)27(40(49(4,43)44)17-22(41)18-45-2)16-30(24)47-33(31)19-8-11-21(36)12-9-19/h5-16,22,41H,17-18H2,1-4H3,(H,38,42). The second-order valence-corrected chi connectivity index (χ2v) is 13.1. The Hall–Kier alpha value is -5.31. The van der Waals surface area contributed by atoms with E-state index in [1.807, 2.05) is 0 Å². The summed E-state index contributed by atoms with van der Waals surface area (Å²) >= 11 is 0. The summed E-state index contributed by atoms with van der Waals surface area (Å²) in [5.74, 6) is -1.05. The van der Waals surface area contributed by atoms with E-state index < -0.39 is 33.7 Å². The largest absolute Gasteiger partial charge is 0.496 e. The average molecular weight is 692 g/mol. The van der Waals surface area contributed by atoms with E-state index in [9.17, 15) is 27.1 Å². The van der Waals surface area contributed by atoms with Crippen LogP contribution in [0.4, 0.5) is 14.5 Å². The Morgan fingerprint density at radius 2 is 1.71 bits per heavy atom. The van der Waals surface area contributed by atoms with Crippen LogP contribution in [-0.2, 0) is 14.8 Å². The van der Waals surface area contributed by atoms with E-state index in [-0.39, 0.29) is 52.7 Å². The molecule has 0 saturated carbocycles. The summed E-state index contributed by atoms with van der Waals surface area (Å²) in [5.41, 5.74) is 2.09. The van der Waals surface area contributed by atoms with Crippen molar-refractivity contribution in [2.75, 3.05) is 45.0 Å². The fraction of sp³-hybridized carbons (Fsp3) is 0.200. The molecule has 2 aromatic heterocycles. The van der Waals surface area contributed by atoms with Gasteiger partial charge in [0.1, 0.15) is 28.4 Å². The van der Waals surface area contributed by atoms with Gasteiger partial charge in [0.25, 0.3) is 5.91 Å². The summed E-state index contributed by atoms with van der Waals surface area (Å²) in [5, 5.41) is 13.6. The van der Waals surface area contributed by atoms with Crippen molar-refractivity contribution in [1.29, 1.82) is 0 Å². The molecule has 254 valence electrons. The lowest BCUT2D eigenvalue weighted by Gasteiger charge is -2.27. The molecule has 0 saturated heterocycles. The van der Waals surface area contributed by atoms with Gasteiger partial charge in [-0.25, -0.2) is 22.2 Å². The number of carbonyl (C=O) groups excluding carboxylic acids is 1. The Balaban J connectivity index is 1.66. The van der Waals surface area contributed by atoms with Gasteiger partial charge in [0.15, 0.2) is 11.4 Å². The van der Waals surface area contributed by atoms with Crippen LogP contribution in [0.1, 0.15) is 10.4 Å². The van der Waals surface area contributed by atoms with E-state index in [1.54, 1.807) is 30.3 Å². The number of anilines is 1. The number of ether oxygens (including phenoxy) is 2. The maximum atomic E-state index is 14.6. The molecule has 0 radical (unpaired) electrons.